The highest BCUT2D eigenvalue weighted by molar-refractivity contribution is 5.82. The first-order chi connectivity index (χ1) is 12.7. The largest absolute Gasteiger partial charge is 0.385 e. The summed E-state index contributed by atoms with van der Waals surface area (Å²) in [6, 6.07) is 0. The zero-order valence-corrected chi connectivity index (χ0v) is 15.3. The summed E-state index contributed by atoms with van der Waals surface area (Å²) in [6.07, 6.45) is 8.02. The van der Waals surface area contributed by atoms with E-state index < -0.39 is 0 Å². The Morgan fingerprint density at radius 2 is 2.19 bits per heavy atom. The van der Waals surface area contributed by atoms with E-state index in [1.807, 2.05) is 4.90 Å². The van der Waals surface area contributed by atoms with E-state index in [0.29, 0.717) is 18.7 Å². The molecule has 0 aliphatic carbocycles. The Labute approximate surface area is 153 Å². The second kappa shape index (κ2) is 7.19. The number of nitrogens with zero attached hydrogens (tertiary/aromatic N) is 5. The molecule has 8 nitrogen and oxygen atoms in total. The van der Waals surface area contributed by atoms with E-state index in [1.165, 1.54) is 0 Å². The SMILES string of the molecule is COCCCN1C[C@]2(CCCN(c3ncnc4nc[nH]c34)C2)CCC1=O. The van der Waals surface area contributed by atoms with Crippen LogP contribution in [0.15, 0.2) is 12.7 Å². The highest BCUT2D eigenvalue weighted by Crippen LogP contribution is 2.40. The van der Waals surface area contributed by atoms with Crippen molar-refractivity contribution in [1.82, 2.24) is 24.8 Å². The summed E-state index contributed by atoms with van der Waals surface area (Å²) in [5.41, 5.74) is 1.75. The van der Waals surface area contributed by atoms with Gasteiger partial charge in [0.2, 0.25) is 5.91 Å². The van der Waals surface area contributed by atoms with Gasteiger partial charge in [-0.3, -0.25) is 4.79 Å². The number of ether oxygens (including phenoxy) is 1. The number of fused-ring (bicyclic) bond motifs is 1. The van der Waals surface area contributed by atoms with Crippen LogP contribution in [0.4, 0.5) is 5.82 Å². The monoisotopic (exact) mass is 358 g/mol. The number of H-pyrrole nitrogens is 1. The molecule has 2 saturated heterocycles. The van der Waals surface area contributed by atoms with Crippen LogP contribution in [-0.2, 0) is 9.53 Å². The van der Waals surface area contributed by atoms with Crippen LogP contribution in [0.2, 0.25) is 0 Å². The number of carbonyl (C=O) groups is 1. The van der Waals surface area contributed by atoms with Crippen molar-refractivity contribution in [3.05, 3.63) is 12.7 Å². The minimum atomic E-state index is 0.149. The van der Waals surface area contributed by atoms with Crippen molar-refractivity contribution in [2.45, 2.75) is 32.1 Å². The molecule has 2 aliphatic rings. The molecule has 0 radical (unpaired) electrons. The van der Waals surface area contributed by atoms with Crippen LogP contribution in [0.1, 0.15) is 32.1 Å². The molecule has 8 heteroatoms. The lowest BCUT2D eigenvalue weighted by molar-refractivity contribution is -0.138. The van der Waals surface area contributed by atoms with Crippen molar-refractivity contribution in [2.75, 3.05) is 44.8 Å². The van der Waals surface area contributed by atoms with Gasteiger partial charge in [0.1, 0.15) is 11.8 Å². The molecule has 0 unspecified atom stereocenters. The molecule has 4 heterocycles. The van der Waals surface area contributed by atoms with Crippen LogP contribution in [0.25, 0.3) is 11.2 Å². The maximum absolute atomic E-state index is 12.3. The molecular weight excluding hydrogens is 332 g/mol. The van der Waals surface area contributed by atoms with Crippen LogP contribution in [0, 0.1) is 5.41 Å². The molecule has 0 aromatic carbocycles. The molecule has 2 aromatic heterocycles. The highest BCUT2D eigenvalue weighted by atomic mass is 16.5. The average molecular weight is 358 g/mol. The number of rotatable bonds is 5. The van der Waals surface area contributed by atoms with Crippen LogP contribution < -0.4 is 4.90 Å². The molecule has 2 aromatic rings. The summed E-state index contributed by atoms with van der Waals surface area (Å²) < 4.78 is 5.14. The lowest BCUT2D eigenvalue weighted by Crippen LogP contribution is -2.54. The van der Waals surface area contributed by atoms with Gasteiger partial charge < -0.3 is 19.5 Å². The van der Waals surface area contributed by atoms with Gasteiger partial charge in [-0.15, -0.1) is 0 Å². The Balaban J connectivity index is 1.52. The van der Waals surface area contributed by atoms with Gasteiger partial charge in [0.15, 0.2) is 11.5 Å². The first-order valence-electron chi connectivity index (χ1n) is 9.37. The van der Waals surface area contributed by atoms with Crippen molar-refractivity contribution in [3.63, 3.8) is 0 Å². The number of piperidine rings is 2. The van der Waals surface area contributed by atoms with Gasteiger partial charge in [0.05, 0.1) is 6.33 Å². The molecule has 2 aliphatic heterocycles. The van der Waals surface area contributed by atoms with E-state index in [4.69, 9.17) is 4.74 Å². The molecule has 0 saturated carbocycles. The Kier molecular flexibility index (Phi) is 4.76. The highest BCUT2D eigenvalue weighted by Gasteiger charge is 2.42. The van der Waals surface area contributed by atoms with E-state index in [9.17, 15) is 4.79 Å². The number of imidazole rings is 1. The Bertz CT molecular complexity index is 778. The van der Waals surface area contributed by atoms with Crippen LogP contribution in [0.5, 0.6) is 0 Å². The third-order valence-electron chi connectivity index (χ3n) is 5.69. The van der Waals surface area contributed by atoms with Gasteiger partial charge in [-0.05, 0) is 25.7 Å². The third-order valence-corrected chi connectivity index (χ3v) is 5.69. The smallest absolute Gasteiger partial charge is 0.222 e. The molecule has 1 N–H and O–H groups in total. The number of aromatic nitrogens is 4. The number of nitrogens with one attached hydrogen (secondary N) is 1. The zero-order valence-electron chi connectivity index (χ0n) is 15.3. The number of anilines is 1. The summed E-state index contributed by atoms with van der Waals surface area (Å²) in [4.78, 5) is 32.9. The zero-order chi connectivity index (χ0) is 18.0. The number of likely N-dealkylation sites (tertiary alicyclic amines) is 1. The minimum Gasteiger partial charge on any atom is -0.385 e. The van der Waals surface area contributed by atoms with Gasteiger partial charge in [0.25, 0.3) is 0 Å². The van der Waals surface area contributed by atoms with Crippen LogP contribution in [-0.4, -0.2) is 70.6 Å². The second-order valence-electron chi connectivity index (χ2n) is 7.49. The second-order valence-corrected chi connectivity index (χ2v) is 7.49. The van der Waals surface area contributed by atoms with Crippen molar-refractivity contribution >= 4 is 22.9 Å². The quantitative estimate of drug-likeness (QED) is 0.817. The number of aromatic amines is 1. The number of hydrogen-bond acceptors (Lipinski definition) is 6. The van der Waals surface area contributed by atoms with E-state index in [2.05, 4.69) is 24.8 Å². The molecule has 2 fully saturated rings. The number of hydrogen-bond donors (Lipinski definition) is 1. The molecule has 140 valence electrons. The van der Waals surface area contributed by atoms with Crippen molar-refractivity contribution in [2.24, 2.45) is 5.41 Å². The predicted molar refractivity (Wildman–Crippen MR) is 97.9 cm³/mol. The summed E-state index contributed by atoms with van der Waals surface area (Å²) in [5, 5.41) is 0. The van der Waals surface area contributed by atoms with Crippen molar-refractivity contribution in [1.29, 1.82) is 0 Å². The van der Waals surface area contributed by atoms with Gasteiger partial charge >= 0.3 is 0 Å². The normalized spacial score (nSPS) is 24.0. The Hall–Kier alpha value is -2.22. The van der Waals surface area contributed by atoms with Crippen molar-refractivity contribution < 1.29 is 9.53 Å². The molecule has 1 atom stereocenters. The number of amides is 1. The summed E-state index contributed by atoms with van der Waals surface area (Å²) in [6.45, 7) is 4.22. The lowest BCUT2D eigenvalue weighted by atomic mass is 9.73. The van der Waals surface area contributed by atoms with Gasteiger partial charge in [-0.1, -0.05) is 0 Å². The minimum absolute atomic E-state index is 0.149. The van der Waals surface area contributed by atoms with E-state index in [-0.39, 0.29) is 11.3 Å². The molecule has 26 heavy (non-hydrogen) atoms. The fourth-order valence-electron chi connectivity index (χ4n) is 4.42. The van der Waals surface area contributed by atoms with Crippen LogP contribution in [0.3, 0.4) is 0 Å². The molecule has 1 amide bonds. The van der Waals surface area contributed by atoms with Gasteiger partial charge in [-0.2, -0.15) is 0 Å². The topological polar surface area (TPSA) is 87.2 Å². The standard InChI is InChI=1S/C18H26N6O2/c1-26-9-3-8-23-10-18(6-4-14(23)25)5-2-7-24(11-18)17-15-16(20-12-19-15)21-13-22-17/h12-13H,2-11H2,1H3,(H,19,20,21,22)/t18-/m0/s1. The van der Waals surface area contributed by atoms with Crippen LogP contribution >= 0.6 is 0 Å². The maximum atomic E-state index is 12.3. The Morgan fingerprint density at radius 1 is 1.27 bits per heavy atom. The number of carbonyl (C=O) groups excluding carboxylic acids is 1. The van der Waals surface area contributed by atoms with E-state index >= 15 is 0 Å². The third kappa shape index (κ3) is 3.25. The maximum Gasteiger partial charge on any atom is 0.222 e. The first kappa shape index (κ1) is 17.2. The predicted octanol–water partition coefficient (Wildman–Crippen LogP) is 1.60. The van der Waals surface area contributed by atoms with Crippen molar-refractivity contribution in [3.8, 4) is 0 Å². The van der Waals surface area contributed by atoms with Gasteiger partial charge in [0, 0.05) is 51.7 Å². The Morgan fingerprint density at radius 3 is 3.08 bits per heavy atom. The molecule has 4 rings (SSSR count). The van der Waals surface area contributed by atoms with E-state index in [0.717, 1.165) is 63.2 Å². The lowest BCUT2D eigenvalue weighted by Gasteiger charge is -2.48. The number of methoxy groups -OCH3 is 1. The fourth-order valence-corrected chi connectivity index (χ4v) is 4.42. The summed E-state index contributed by atoms with van der Waals surface area (Å²) in [5.74, 6) is 1.20. The van der Waals surface area contributed by atoms with E-state index in [1.54, 1.807) is 19.8 Å². The first-order valence-corrected chi connectivity index (χ1v) is 9.37. The molecule has 0 bridgehead atoms. The summed E-state index contributed by atoms with van der Waals surface area (Å²) >= 11 is 0. The fraction of sp³-hybridized carbons (Fsp3) is 0.667. The van der Waals surface area contributed by atoms with Gasteiger partial charge in [-0.25, -0.2) is 15.0 Å². The average Bonchev–Trinajstić information content (AvgIpc) is 3.14. The molecular formula is C18H26N6O2. The summed E-state index contributed by atoms with van der Waals surface area (Å²) in [7, 11) is 1.70. The molecule has 1 spiro atoms.